The van der Waals surface area contributed by atoms with E-state index in [9.17, 15) is 0 Å². The van der Waals surface area contributed by atoms with Gasteiger partial charge in [0.25, 0.3) is 0 Å². The zero-order valence-corrected chi connectivity index (χ0v) is 17.3. The Morgan fingerprint density at radius 2 is 1.90 bits per heavy atom. The van der Waals surface area contributed by atoms with Crippen molar-refractivity contribution in [2.45, 2.75) is 44.1 Å². The van der Waals surface area contributed by atoms with Crippen LogP contribution in [0.15, 0.2) is 36.5 Å². The fraction of sp³-hybridized carbons (Fsp3) is 0.364. The molecule has 4 N–H and O–H groups in total. The molecule has 30 heavy (non-hydrogen) atoms. The van der Waals surface area contributed by atoms with Crippen molar-refractivity contribution >= 4 is 22.5 Å². The summed E-state index contributed by atoms with van der Waals surface area (Å²) in [6, 6.07) is 9.92. The Bertz CT molecular complexity index is 1230. The number of rotatable bonds is 4. The minimum absolute atomic E-state index is 0.292. The summed E-state index contributed by atoms with van der Waals surface area (Å²) in [5, 5.41) is 5.54. The second kappa shape index (κ2) is 6.63. The highest BCUT2D eigenvalue weighted by atomic mass is 16.5. The minimum atomic E-state index is -0.430. The average Bonchev–Trinajstić information content (AvgIpc) is 3.12. The van der Waals surface area contributed by atoms with Gasteiger partial charge in [0.15, 0.2) is 11.5 Å². The Morgan fingerprint density at radius 1 is 1.10 bits per heavy atom. The highest BCUT2D eigenvalue weighted by Gasteiger charge is 2.35. The van der Waals surface area contributed by atoms with Crippen molar-refractivity contribution in [1.29, 1.82) is 0 Å². The summed E-state index contributed by atoms with van der Waals surface area (Å²) in [4.78, 5) is 13.8. The number of nitrogens with zero attached hydrogens (tertiary/aromatic N) is 5. The van der Waals surface area contributed by atoms with E-state index in [2.05, 4.69) is 21.1 Å². The summed E-state index contributed by atoms with van der Waals surface area (Å²) in [5.41, 5.74) is 15.4. The van der Waals surface area contributed by atoms with Gasteiger partial charge in [0.1, 0.15) is 11.3 Å². The van der Waals surface area contributed by atoms with Crippen LogP contribution >= 0.6 is 0 Å². The van der Waals surface area contributed by atoms with Crippen molar-refractivity contribution in [2.24, 2.45) is 5.73 Å². The van der Waals surface area contributed by atoms with Gasteiger partial charge in [-0.15, -0.1) is 5.10 Å². The van der Waals surface area contributed by atoms with Crippen LogP contribution in [0.2, 0.25) is 0 Å². The lowest BCUT2D eigenvalue weighted by Gasteiger charge is -2.33. The molecule has 8 nitrogen and oxygen atoms in total. The highest BCUT2D eigenvalue weighted by molar-refractivity contribution is 5.95. The summed E-state index contributed by atoms with van der Waals surface area (Å²) in [7, 11) is 1.62. The number of aromatic nitrogens is 5. The van der Waals surface area contributed by atoms with Gasteiger partial charge in [-0.2, -0.15) is 4.52 Å². The van der Waals surface area contributed by atoms with Gasteiger partial charge in [-0.25, -0.2) is 9.97 Å². The zero-order chi connectivity index (χ0) is 21.0. The molecule has 0 radical (unpaired) electrons. The molecule has 3 aromatic heterocycles. The van der Waals surface area contributed by atoms with Crippen molar-refractivity contribution in [2.75, 3.05) is 12.8 Å². The van der Waals surface area contributed by atoms with Crippen LogP contribution in [0.4, 0.5) is 5.95 Å². The molecule has 0 bridgehead atoms. The molecule has 4 aromatic rings. The van der Waals surface area contributed by atoms with Crippen LogP contribution in [0.5, 0.6) is 5.75 Å². The van der Waals surface area contributed by atoms with Crippen LogP contribution in [0.25, 0.3) is 16.6 Å². The number of para-hydroxylation sites is 1. The number of hydrogen-bond donors (Lipinski definition) is 2. The molecule has 154 valence electrons. The second-order valence-electron chi connectivity index (χ2n) is 8.60. The first-order chi connectivity index (χ1) is 14.3. The molecular weight excluding hydrogens is 378 g/mol. The smallest absolute Gasteiger partial charge is 0.223 e. The van der Waals surface area contributed by atoms with E-state index in [-0.39, 0.29) is 0 Å². The standard InChI is InChI=1S/C22H25N7O/c1-22(2,24)17-8-7-12(11-25-17)13-9-14(10-13)19-27-20-15-5-4-6-16(30-3)18(15)26-21(23)29(20)28-19/h4-8,11,13-14H,9-10,24H2,1-3H3,(H2,23,26). The van der Waals surface area contributed by atoms with E-state index in [1.165, 1.54) is 5.56 Å². The van der Waals surface area contributed by atoms with Gasteiger partial charge in [-0.1, -0.05) is 12.1 Å². The maximum Gasteiger partial charge on any atom is 0.223 e. The van der Waals surface area contributed by atoms with Gasteiger partial charge in [-0.3, -0.25) is 4.98 Å². The maximum atomic E-state index is 6.16. The number of methoxy groups -OCH3 is 1. The molecule has 1 aliphatic carbocycles. The molecule has 0 unspecified atom stereocenters. The third-order valence-corrected chi connectivity index (χ3v) is 5.95. The van der Waals surface area contributed by atoms with Crippen molar-refractivity contribution in [3.63, 3.8) is 0 Å². The predicted octanol–water partition coefficient (Wildman–Crippen LogP) is 3.12. The molecule has 3 heterocycles. The van der Waals surface area contributed by atoms with E-state index < -0.39 is 5.54 Å². The summed E-state index contributed by atoms with van der Waals surface area (Å²) < 4.78 is 7.05. The number of nitrogen functional groups attached to an aromatic ring is 1. The Labute approximate surface area is 174 Å². The van der Waals surface area contributed by atoms with Crippen LogP contribution in [0.3, 0.4) is 0 Å². The van der Waals surface area contributed by atoms with Crippen LogP contribution in [0, 0.1) is 0 Å². The van der Waals surface area contributed by atoms with Crippen LogP contribution in [0.1, 0.15) is 55.6 Å². The third kappa shape index (κ3) is 2.95. The fourth-order valence-electron chi connectivity index (χ4n) is 4.11. The first-order valence-electron chi connectivity index (χ1n) is 10.1. The lowest BCUT2D eigenvalue weighted by Crippen LogP contribution is -2.30. The van der Waals surface area contributed by atoms with Crippen LogP contribution < -0.4 is 16.2 Å². The number of pyridine rings is 1. The van der Waals surface area contributed by atoms with E-state index in [1.807, 2.05) is 44.3 Å². The molecule has 1 aromatic carbocycles. The number of nitrogens with two attached hydrogens (primary N) is 2. The fourth-order valence-corrected chi connectivity index (χ4v) is 4.11. The molecule has 1 saturated carbocycles. The number of benzene rings is 1. The number of hydrogen-bond acceptors (Lipinski definition) is 7. The normalized spacial score (nSPS) is 19.2. The molecule has 1 fully saturated rings. The van der Waals surface area contributed by atoms with E-state index >= 15 is 0 Å². The van der Waals surface area contributed by atoms with E-state index in [4.69, 9.17) is 21.2 Å². The molecule has 0 aliphatic heterocycles. The van der Waals surface area contributed by atoms with Gasteiger partial charge in [0, 0.05) is 17.5 Å². The quantitative estimate of drug-likeness (QED) is 0.537. The van der Waals surface area contributed by atoms with Gasteiger partial charge >= 0.3 is 0 Å². The SMILES string of the molecule is COc1cccc2c1nc(N)n1nc(C3CC(c4ccc(C(C)(C)N)nc4)C3)nc21. The van der Waals surface area contributed by atoms with E-state index in [0.717, 1.165) is 29.7 Å². The Kier molecular flexibility index (Phi) is 4.14. The largest absolute Gasteiger partial charge is 0.494 e. The van der Waals surface area contributed by atoms with Crippen molar-refractivity contribution in [3.05, 3.63) is 53.6 Å². The lowest BCUT2D eigenvalue weighted by molar-refractivity contribution is 0.337. The molecule has 8 heteroatoms. The maximum absolute atomic E-state index is 6.16. The summed E-state index contributed by atoms with van der Waals surface area (Å²) in [5.74, 6) is 2.53. The average molecular weight is 403 g/mol. The molecule has 0 spiro atoms. The summed E-state index contributed by atoms with van der Waals surface area (Å²) in [6.45, 7) is 3.92. The van der Waals surface area contributed by atoms with E-state index in [1.54, 1.807) is 11.6 Å². The molecule has 0 atom stereocenters. The first kappa shape index (κ1) is 18.7. The van der Waals surface area contributed by atoms with Crippen molar-refractivity contribution < 1.29 is 4.74 Å². The summed E-state index contributed by atoms with van der Waals surface area (Å²) >= 11 is 0. The predicted molar refractivity (Wildman–Crippen MR) is 115 cm³/mol. The number of fused-ring (bicyclic) bond motifs is 3. The topological polar surface area (TPSA) is 117 Å². The Morgan fingerprint density at radius 3 is 2.57 bits per heavy atom. The van der Waals surface area contributed by atoms with Gasteiger partial charge in [-0.05, 0) is 56.4 Å². The van der Waals surface area contributed by atoms with Gasteiger partial charge in [0.05, 0.1) is 18.3 Å². The molecule has 5 rings (SSSR count). The molecular formula is C22H25N7O. The van der Waals surface area contributed by atoms with E-state index in [0.29, 0.717) is 34.7 Å². The van der Waals surface area contributed by atoms with Crippen molar-refractivity contribution in [1.82, 2.24) is 24.6 Å². The molecule has 0 amide bonds. The monoisotopic (exact) mass is 403 g/mol. The molecule has 0 saturated heterocycles. The second-order valence-corrected chi connectivity index (χ2v) is 8.60. The highest BCUT2D eigenvalue weighted by Crippen LogP contribution is 2.46. The Hall–Kier alpha value is -3.26. The Balaban J connectivity index is 1.42. The van der Waals surface area contributed by atoms with Crippen LogP contribution in [-0.4, -0.2) is 31.7 Å². The van der Waals surface area contributed by atoms with Gasteiger partial charge in [0.2, 0.25) is 5.95 Å². The first-order valence-corrected chi connectivity index (χ1v) is 10.1. The number of ether oxygens (including phenoxy) is 1. The van der Waals surface area contributed by atoms with Crippen LogP contribution in [-0.2, 0) is 5.54 Å². The third-order valence-electron chi connectivity index (χ3n) is 5.95. The summed E-state index contributed by atoms with van der Waals surface area (Å²) in [6.07, 6.45) is 3.92. The zero-order valence-electron chi connectivity index (χ0n) is 17.3. The minimum Gasteiger partial charge on any atom is -0.494 e. The lowest BCUT2D eigenvalue weighted by atomic mass is 9.71. The van der Waals surface area contributed by atoms with Gasteiger partial charge < -0.3 is 16.2 Å². The number of anilines is 1. The van der Waals surface area contributed by atoms with Crippen molar-refractivity contribution in [3.8, 4) is 5.75 Å². The molecule has 1 aliphatic rings.